The monoisotopic (exact) mass is 410 g/mol. The number of carbonyl (C=O) groups is 2. The van der Waals surface area contributed by atoms with Crippen LogP contribution in [0.1, 0.15) is 24.5 Å². The van der Waals surface area contributed by atoms with Crippen LogP contribution in [-0.2, 0) is 14.3 Å². The van der Waals surface area contributed by atoms with E-state index in [-0.39, 0.29) is 5.57 Å². The van der Waals surface area contributed by atoms with E-state index >= 15 is 0 Å². The summed E-state index contributed by atoms with van der Waals surface area (Å²) in [7, 11) is 1.60. The second kappa shape index (κ2) is 9.93. The van der Waals surface area contributed by atoms with E-state index in [0.717, 1.165) is 12.0 Å². The quantitative estimate of drug-likeness (QED) is 0.390. The first-order chi connectivity index (χ1) is 14.6. The minimum absolute atomic E-state index is 0.0390. The van der Waals surface area contributed by atoms with E-state index in [1.54, 1.807) is 43.5 Å². The summed E-state index contributed by atoms with van der Waals surface area (Å²) in [4.78, 5) is 25.4. The number of hydrogen-bond acceptors (Lipinski definition) is 5. The van der Waals surface area contributed by atoms with Crippen molar-refractivity contribution in [2.24, 2.45) is 0 Å². The number of ether oxygens (including phenoxy) is 3. The smallest absolute Gasteiger partial charge is 0.282 e. The second-order valence-corrected chi connectivity index (χ2v) is 6.77. The molecule has 0 unspecified atom stereocenters. The third-order valence-corrected chi connectivity index (χ3v) is 4.59. The Kier molecular flexibility index (Phi) is 7.08. The Hall–Kier alpha value is -3.32. The lowest BCUT2D eigenvalue weighted by atomic mass is 10.0. The summed E-state index contributed by atoms with van der Waals surface area (Å²) in [6, 6.07) is 12.6. The Morgan fingerprint density at radius 3 is 2.47 bits per heavy atom. The van der Waals surface area contributed by atoms with Crippen LogP contribution >= 0.6 is 0 Å². The van der Waals surface area contributed by atoms with Crippen LogP contribution in [0.25, 0.3) is 6.08 Å². The molecular formula is C23H26N2O5. The number of methoxy groups -OCH3 is 1. The molecule has 2 amide bonds. The molecule has 7 nitrogen and oxygen atoms in total. The molecule has 1 aliphatic heterocycles. The third-order valence-electron chi connectivity index (χ3n) is 4.59. The fourth-order valence-electron chi connectivity index (χ4n) is 3.07. The van der Waals surface area contributed by atoms with Gasteiger partial charge < -0.3 is 14.2 Å². The Labute approximate surface area is 176 Å². The van der Waals surface area contributed by atoms with Crippen molar-refractivity contribution >= 4 is 23.6 Å². The normalized spacial score (nSPS) is 14.9. The first kappa shape index (κ1) is 21.4. The molecule has 1 aliphatic rings. The third kappa shape index (κ3) is 4.63. The zero-order valence-electron chi connectivity index (χ0n) is 17.4. The van der Waals surface area contributed by atoms with Crippen LogP contribution in [0.5, 0.6) is 11.5 Å². The summed E-state index contributed by atoms with van der Waals surface area (Å²) in [5.41, 5.74) is 4.67. The highest BCUT2D eigenvalue weighted by molar-refractivity contribution is 6.31. The van der Waals surface area contributed by atoms with Gasteiger partial charge in [-0.05, 0) is 43.7 Å². The van der Waals surface area contributed by atoms with E-state index in [4.69, 9.17) is 14.2 Å². The van der Waals surface area contributed by atoms with E-state index in [0.29, 0.717) is 42.6 Å². The molecule has 2 aromatic rings. The zero-order chi connectivity index (χ0) is 21.5. The number of hydrogen-bond donors (Lipinski definition) is 1. The molecule has 0 bridgehead atoms. The molecule has 0 atom stereocenters. The Morgan fingerprint density at radius 2 is 1.77 bits per heavy atom. The number of carbonyl (C=O) groups excluding carboxylic acids is 2. The van der Waals surface area contributed by atoms with Crippen LogP contribution in [0.4, 0.5) is 5.69 Å². The van der Waals surface area contributed by atoms with Crippen LogP contribution in [0.15, 0.2) is 48.0 Å². The molecule has 7 heteroatoms. The molecule has 1 heterocycles. The minimum atomic E-state index is -0.462. The molecule has 0 radical (unpaired) electrons. The highest BCUT2D eigenvalue weighted by atomic mass is 16.5. The van der Waals surface area contributed by atoms with Gasteiger partial charge in [0.25, 0.3) is 11.8 Å². The largest absolute Gasteiger partial charge is 0.493 e. The summed E-state index contributed by atoms with van der Waals surface area (Å²) in [6.45, 7) is 5.26. The fourth-order valence-corrected chi connectivity index (χ4v) is 3.07. The van der Waals surface area contributed by atoms with Crippen molar-refractivity contribution in [3.8, 4) is 11.5 Å². The highest BCUT2D eigenvalue weighted by Gasteiger charge is 2.34. The Bertz CT molecular complexity index is 940. The molecular weight excluding hydrogens is 384 g/mol. The van der Waals surface area contributed by atoms with Gasteiger partial charge in [-0.1, -0.05) is 25.1 Å². The molecule has 0 saturated carbocycles. The summed E-state index contributed by atoms with van der Waals surface area (Å²) >= 11 is 0. The van der Waals surface area contributed by atoms with Gasteiger partial charge in [0.15, 0.2) is 0 Å². The number of para-hydroxylation sites is 1. The summed E-state index contributed by atoms with van der Waals surface area (Å²) in [5.74, 6) is 0.389. The highest BCUT2D eigenvalue weighted by Crippen LogP contribution is 2.34. The predicted octanol–water partition coefficient (Wildman–Crippen LogP) is 3.27. The van der Waals surface area contributed by atoms with Gasteiger partial charge in [-0.2, -0.15) is 0 Å². The van der Waals surface area contributed by atoms with Crippen LogP contribution in [0.2, 0.25) is 0 Å². The maximum atomic E-state index is 12.9. The first-order valence-corrected chi connectivity index (χ1v) is 9.87. The molecule has 3 rings (SSSR count). The van der Waals surface area contributed by atoms with Gasteiger partial charge in [-0.3, -0.25) is 15.0 Å². The molecule has 0 spiro atoms. The average Bonchev–Trinajstić information content (AvgIpc) is 3.04. The predicted molar refractivity (Wildman–Crippen MR) is 114 cm³/mol. The lowest BCUT2D eigenvalue weighted by Gasteiger charge is -2.16. The van der Waals surface area contributed by atoms with Crippen LogP contribution in [0, 0.1) is 6.92 Å². The van der Waals surface area contributed by atoms with Gasteiger partial charge >= 0.3 is 0 Å². The molecule has 1 N–H and O–H groups in total. The van der Waals surface area contributed by atoms with E-state index in [9.17, 15) is 9.59 Å². The van der Waals surface area contributed by atoms with Crippen molar-refractivity contribution in [2.75, 3.05) is 31.9 Å². The average molecular weight is 410 g/mol. The number of benzene rings is 2. The van der Waals surface area contributed by atoms with Crippen molar-refractivity contribution in [3.63, 3.8) is 0 Å². The number of anilines is 1. The van der Waals surface area contributed by atoms with Gasteiger partial charge in [0.2, 0.25) is 0 Å². The molecule has 158 valence electrons. The van der Waals surface area contributed by atoms with Crippen LogP contribution < -0.4 is 19.9 Å². The van der Waals surface area contributed by atoms with Crippen molar-refractivity contribution in [1.29, 1.82) is 0 Å². The van der Waals surface area contributed by atoms with Gasteiger partial charge in [-0.25, -0.2) is 5.01 Å². The molecule has 0 aromatic heterocycles. The number of nitrogens with zero attached hydrogens (tertiary/aromatic N) is 1. The number of amides is 2. The van der Waals surface area contributed by atoms with Crippen molar-refractivity contribution in [1.82, 2.24) is 5.43 Å². The summed E-state index contributed by atoms with van der Waals surface area (Å²) in [6.07, 6.45) is 2.44. The molecule has 2 aromatic carbocycles. The van der Waals surface area contributed by atoms with Gasteiger partial charge in [0.05, 0.1) is 18.9 Å². The second-order valence-electron chi connectivity index (χ2n) is 6.77. The van der Waals surface area contributed by atoms with Crippen LogP contribution in [-0.4, -0.2) is 38.7 Å². The van der Waals surface area contributed by atoms with Gasteiger partial charge in [0, 0.05) is 18.2 Å². The SMILES string of the molecule is CCCOc1ccc(/C=C2/C(=O)NN(c3ccccc3)C2=O)c(OCCOC)c1C. The summed E-state index contributed by atoms with van der Waals surface area (Å²) < 4.78 is 16.8. The Balaban J connectivity index is 1.95. The molecule has 0 aliphatic carbocycles. The first-order valence-electron chi connectivity index (χ1n) is 9.87. The van der Waals surface area contributed by atoms with Crippen LogP contribution in [0.3, 0.4) is 0 Å². The van der Waals surface area contributed by atoms with E-state index in [1.807, 2.05) is 26.0 Å². The number of hydrazine groups is 1. The number of rotatable bonds is 9. The topological polar surface area (TPSA) is 77.1 Å². The summed E-state index contributed by atoms with van der Waals surface area (Å²) in [5, 5.41) is 1.24. The lowest BCUT2D eigenvalue weighted by molar-refractivity contribution is -0.117. The maximum absolute atomic E-state index is 12.9. The fraction of sp³-hybridized carbons (Fsp3) is 0.304. The van der Waals surface area contributed by atoms with Gasteiger partial charge in [0.1, 0.15) is 23.7 Å². The number of nitrogens with one attached hydrogen (secondary N) is 1. The standard InChI is InChI=1S/C23H26N2O5/c1-4-12-29-20-11-10-17(21(16(20)2)30-14-13-28-3)15-19-22(26)24-25(23(19)27)18-8-6-5-7-9-18/h5-11,15H,4,12-14H2,1-3H3,(H,24,26)/b19-15-. The lowest BCUT2D eigenvalue weighted by Crippen LogP contribution is -2.35. The van der Waals surface area contributed by atoms with E-state index in [1.165, 1.54) is 5.01 Å². The zero-order valence-corrected chi connectivity index (χ0v) is 17.4. The van der Waals surface area contributed by atoms with E-state index in [2.05, 4.69) is 5.43 Å². The molecule has 1 saturated heterocycles. The van der Waals surface area contributed by atoms with Crippen molar-refractivity contribution in [2.45, 2.75) is 20.3 Å². The molecule has 1 fully saturated rings. The van der Waals surface area contributed by atoms with Crippen molar-refractivity contribution < 1.29 is 23.8 Å². The van der Waals surface area contributed by atoms with E-state index < -0.39 is 11.8 Å². The van der Waals surface area contributed by atoms with Crippen molar-refractivity contribution in [3.05, 3.63) is 59.2 Å². The maximum Gasteiger partial charge on any atom is 0.282 e. The van der Waals surface area contributed by atoms with Gasteiger partial charge in [-0.15, -0.1) is 0 Å². The molecule has 30 heavy (non-hydrogen) atoms. The Morgan fingerprint density at radius 1 is 1.00 bits per heavy atom. The minimum Gasteiger partial charge on any atom is -0.493 e.